The van der Waals surface area contributed by atoms with E-state index in [1.807, 2.05) is 24.3 Å². The monoisotopic (exact) mass is 472 g/mol. The summed E-state index contributed by atoms with van der Waals surface area (Å²) in [5.41, 5.74) is 2.10. The summed E-state index contributed by atoms with van der Waals surface area (Å²) >= 11 is 4.47. The minimum Gasteiger partial charge on any atom is -0.352 e. The first kappa shape index (κ1) is 18.8. The Morgan fingerprint density at radius 3 is 2.32 bits per heavy atom. The molecule has 1 aromatic heterocycles. The van der Waals surface area contributed by atoms with Gasteiger partial charge in [-0.05, 0) is 41.8 Å². The summed E-state index contributed by atoms with van der Waals surface area (Å²) in [7, 11) is -3.86. The van der Waals surface area contributed by atoms with Gasteiger partial charge in [0.2, 0.25) is 5.78 Å². The predicted molar refractivity (Wildman–Crippen MR) is 115 cm³/mol. The molecule has 0 aliphatic heterocycles. The fourth-order valence-electron chi connectivity index (χ4n) is 2.77. The third-order valence-electron chi connectivity index (χ3n) is 4.06. The van der Waals surface area contributed by atoms with Gasteiger partial charge in [0, 0.05) is 21.3 Å². The Labute approximate surface area is 174 Å². The average Bonchev–Trinajstić information content (AvgIpc) is 3.23. The molecule has 4 rings (SSSR count). The van der Waals surface area contributed by atoms with Gasteiger partial charge >= 0.3 is 0 Å². The number of fused-ring (bicyclic) bond motifs is 1. The number of sulfonamides is 1. The normalized spacial score (nSPS) is 15.2. The zero-order chi connectivity index (χ0) is 19.7. The fraction of sp³-hybridized carbons (Fsp3) is 0. The van der Waals surface area contributed by atoms with Crippen molar-refractivity contribution in [2.75, 3.05) is 5.32 Å². The van der Waals surface area contributed by atoms with Crippen LogP contribution in [-0.2, 0) is 10.0 Å². The van der Waals surface area contributed by atoms with E-state index < -0.39 is 10.0 Å². The van der Waals surface area contributed by atoms with E-state index in [2.05, 4.69) is 25.6 Å². The van der Waals surface area contributed by atoms with Gasteiger partial charge < -0.3 is 5.32 Å². The van der Waals surface area contributed by atoms with Crippen molar-refractivity contribution < 1.29 is 13.2 Å². The van der Waals surface area contributed by atoms with Crippen LogP contribution in [0.3, 0.4) is 0 Å². The molecule has 0 saturated carbocycles. The van der Waals surface area contributed by atoms with E-state index in [1.165, 1.54) is 12.1 Å². The number of carbonyl (C=O) groups excluding carboxylic acids is 1. The molecule has 0 spiro atoms. The highest BCUT2D eigenvalue weighted by Crippen LogP contribution is 2.26. The Hall–Kier alpha value is -2.55. The van der Waals surface area contributed by atoms with Gasteiger partial charge in [-0.1, -0.05) is 46.3 Å². The SMILES string of the molecule is O=C1C(Nc2ccc(Br)cc2)=CC(=NS(=O)(=O)c2cccs2)c2ccccc21. The summed E-state index contributed by atoms with van der Waals surface area (Å²) in [6.07, 6.45) is 1.48. The number of nitrogens with one attached hydrogen (secondary N) is 1. The van der Waals surface area contributed by atoms with E-state index in [4.69, 9.17) is 0 Å². The number of hydrogen-bond acceptors (Lipinski definition) is 5. The quantitative estimate of drug-likeness (QED) is 0.586. The molecule has 0 bridgehead atoms. The number of Topliss-reactive ketones (excluding diaryl/α,β-unsaturated/α-hetero) is 1. The molecule has 3 aromatic rings. The zero-order valence-corrected chi connectivity index (χ0v) is 17.5. The second-order valence-corrected chi connectivity index (χ2v) is 9.64. The van der Waals surface area contributed by atoms with Crippen LogP contribution in [0, 0.1) is 0 Å². The van der Waals surface area contributed by atoms with E-state index in [9.17, 15) is 13.2 Å². The minimum atomic E-state index is -3.86. The maximum Gasteiger partial charge on any atom is 0.292 e. The van der Waals surface area contributed by atoms with Crippen LogP contribution in [0.2, 0.25) is 0 Å². The van der Waals surface area contributed by atoms with Crippen molar-refractivity contribution in [3.63, 3.8) is 0 Å². The topological polar surface area (TPSA) is 75.6 Å². The number of allylic oxidation sites excluding steroid dienone is 2. The number of rotatable bonds is 4. The van der Waals surface area contributed by atoms with Crippen LogP contribution in [0.15, 0.2) is 90.9 Å². The Morgan fingerprint density at radius 1 is 0.929 bits per heavy atom. The van der Waals surface area contributed by atoms with Gasteiger partial charge in [0.05, 0.1) is 11.4 Å². The number of carbonyl (C=O) groups is 1. The van der Waals surface area contributed by atoms with Gasteiger partial charge in [-0.2, -0.15) is 12.8 Å². The third kappa shape index (κ3) is 3.71. The molecule has 0 unspecified atom stereocenters. The molecule has 0 fully saturated rings. The number of hydrogen-bond donors (Lipinski definition) is 1. The minimum absolute atomic E-state index is 0.158. The van der Waals surface area contributed by atoms with E-state index in [-0.39, 0.29) is 21.4 Å². The highest BCUT2D eigenvalue weighted by atomic mass is 79.9. The number of benzene rings is 2. The Morgan fingerprint density at radius 2 is 1.64 bits per heavy atom. The fourth-order valence-corrected chi connectivity index (χ4v) is 5.00. The van der Waals surface area contributed by atoms with Crippen molar-refractivity contribution in [3.8, 4) is 0 Å². The molecule has 0 radical (unpaired) electrons. The summed E-state index contributed by atoms with van der Waals surface area (Å²) in [6, 6.07) is 17.4. The largest absolute Gasteiger partial charge is 0.352 e. The second kappa shape index (κ2) is 7.46. The number of nitrogens with zero attached hydrogens (tertiary/aromatic N) is 1. The average molecular weight is 473 g/mol. The number of thiophene rings is 1. The van der Waals surface area contributed by atoms with Gasteiger partial charge in [-0.15, -0.1) is 11.3 Å². The number of ketones is 1. The van der Waals surface area contributed by atoms with Crippen LogP contribution in [0.5, 0.6) is 0 Å². The van der Waals surface area contributed by atoms with E-state index in [0.29, 0.717) is 16.8 Å². The molecular formula is C20H13BrN2O3S2. The predicted octanol–water partition coefficient (Wildman–Crippen LogP) is 4.88. The molecule has 0 atom stereocenters. The zero-order valence-electron chi connectivity index (χ0n) is 14.3. The second-order valence-electron chi connectivity index (χ2n) is 5.95. The lowest BCUT2D eigenvalue weighted by Gasteiger charge is -2.18. The smallest absolute Gasteiger partial charge is 0.292 e. The maximum atomic E-state index is 12.9. The first-order chi connectivity index (χ1) is 13.4. The Balaban J connectivity index is 1.81. The molecule has 140 valence electrons. The summed E-state index contributed by atoms with van der Waals surface area (Å²) < 4.78 is 30.4. The lowest BCUT2D eigenvalue weighted by molar-refractivity contribution is 0.103. The van der Waals surface area contributed by atoms with Crippen LogP contribution < -0.4 is 5.32 Å². The van der Waals surface area contributed by atoms with Gasteiger partial charge in [-0.3, -0.25) is 4.79 Å². The van der Waals surface area contributed by atoms with Crippen molar-refractivity contribution in [1.82, 2.24) is 0 Å². The van der Waals surface area contributed by atoms with Crippen LogP contribution in [-0.4, -0.2) is 19.9 Å². The molecule has 8 heteroatoms. The van der Waals surface area contributed by atoms with E-state index in [0.717, 1.165) is 15.8 Å². The highest BCUT2D eigenvalue weighted by molar-refractivity contribution is 9.10. The standard InChI is InChI=1S/C20H13BrN2O3S2/c21-13-7-9-14(10-8-13)22-18-12-17(15-4-1-2-5-16(15)20(18)24)23-28(25,26)19-6-3-11-27-19/h1-12,22H. The van der Waals surface area contributed by atoms with Gasteiger partial charge in [-0.25, -0.2) is 0 Å². The molecular weight excluding hydrogens is 460 g/mol. The molecule has 5 nitrogen and oxygen atoms in total. The molecule has 1 N–H and O–H groups in total. The van der Waals surface area contributed by atoms with Crippen LogP contribution in [0.25, 0.3) is 0 Å². The van der Waals surface area contributed by atoms with Crippen LogP contribution in [0.4, 0.5) is 5.69 Å². The third-order valence-corrected chi connectivity index (χ3v) is 7.26. The first-order valence-electron chi connectivity index (χ1n) is 8.21. The van der Waals surface area contributed by atoms with Gasteiger partial charge in [0.15, 0.2) is 0 Å². The molecule has 0 saturated heterocycles. The summed E-state index contributed by atoms with van der Waals surface area (Å²) in [4.78, 5) is 12.9. The first-order valence-corrected chi connectivity index (χ1v) is 11.3. The van der Waals surface area contributed by atoms with Crippen LogP contribution >= 0.6 is 27.3 Å². The van der Waals surface area contributed by atoms with Crippen LogP contribution in [0.1, 0.15) is 15.9 Å². The van der Waals surface area contributed by atoms with Crippen molar-refractivity contribution in [1.29, 1.82) is 0 Å². The van der Waals surface area contributed by atoms with Crippen molar-refractivity contribution in [3.05, 3.63) is 93.4 Å². The van der Waals surface area contributed by atoms with Gasteiger partial charge in [0.25, 0.3) is 10.0 Å². The summed E-state index contributed by atoms with van der Waals surface area (Å²) in [6.45, 7) is 0. The van der Waals surface area contributed by atoms with E-state index >= 15 is 0 Å². The summed E-state index contributed by atoms with van der Waals surface area (Å²) in [5.74, 6) is -0.217. The lowest BCUT2D eigenvalue weighted by Crippen LogP contribution is -2.22. The Kier molecular flexibility index (Phi) is 5.01. The molecule has 28 heavy (non-hydrogen) atoms. The maximum absolute atomic E-state index is 12.9. The molecule has 1 aliphatic rings. The number of halogens is 1. The van der Waals surface area contributed by atoms with Crippen molar-refractivity contribution in [2.45, 2.75) is 4.21 Å². The van der Waals surface area contributed by atoms with Crippen molar-refractivity contribution >= 4 is 54.5 Å². The molecule has 1 aliphatic carbocycles. The Bertz CT molecular complexity index is 1210. The highest BCUT2D eigenvalue weighted by Gasteiger charge is 2.26. The molecule has 2 aromatic carbocycles. The van der Waals surface area contributed by atoms with Gasteiger partial charge in [0.1, 0.15) is 4.21 Å². The lowest BCUT2D eigenvalue weighted by atomic mass is 9.92. The molecule has 0 amide bonds. The molecule has 1 heterocycles. The van der Waals surface area contributed by atoms with Crippen molar-refractivity contribution in [2.24, 2.45) is 4.40 Å². The summed E-state index contributed by atoms with van der Waals surface area (Å²) in [5, 5.41) is 4.75. The van der Waals surface area contributed by atoms with E-state index in [1.54, 1.807) is 35.7 Å². The number of anilines is 1.